The van der Waals surface area contributed by atoms with Crippen LogP contribution in [0.15, 0.2) is 23.0 Å². The maximum Gasteiger partial charge on any atom is 0.328 e. The van der Waals surface area contributed by atoms with Crippen LogP contribution >= 0.6 is 0 Å². The number of imidazole rings is 1. The lowest BCUT2D eigenvalue weighted by molar-refractivity contribution is -0.142. The van der Waals surface area contributed by atoms with Gasteiger partial charge in [0, 0.05) is 52.6 Å². The molecule has 1 aliphatic carbocycles. The number of carbonyl (C=O) groups excluding carboxylic acids is 2. The average molecular weight is 413 g/mol. The van der Waals surface area contributed by atoms with Gasteiger partial charge in [0.05, 0.1) is 11.0 Å². The van der Waals surface area contributed by atoms with Crippen LogP contribution in [0.5, 0.6) is 0 Å². The Bertz CT molecular complexity index is 1010. The summed E-state index contributed by atoms with van der Waals surface area (Å²) in [5, 5.41) is 0. The van der Waals surface area contributed by atoms with Crippen LogP contribution in [0.3, 0.4) is 0 Å². The number of aromatic nitrogens is 2. The van der Waals surface area contributed by atoms with Gasteiger partial charge in [-0.1, -0.05) is 6.07 Å². The van der Waals surface area contributed by atoms with Gasteiger partial charge in [-0.2, -0.15) is 0 Å². The van der Waals surface area contributed by atoms with E-state index in [1.54, 1.807) is 11.5 Å². The van der Waals surface area contributed by atoms with Crippen molar-refractivity contribution in [3.63, 3.8) is 0 Å². The summed E-state index contributed by atoms with van der Waals surface area (Å²) in [5.74, 6) is 0.833. The van der Waals surface area contributed by atoms with Crippen LogP contribution in [0.25, 0.3) is 11.0 Å². The molecule has 0 bridgehead atoms. The largest absolute Gasteiger partial charge is 0.339 e. The molecule has 0 radical (unpaired) electrons. The minimum absolute atomic E-state index is 0.0390. The summed E-state index contributed by atoms with van der Waals surface area (Å²) in [6.45, 7) is 6.92. The summed E-state index contributed by atoms with van der Waals surface area (Å²) in [4.78, 5) is 40.9. The minimum Gasteiger partial charge on any atom is -0.339 e. The van der Waals surface area contributed by atoms with E-state index in [-0.39, 0.29) is 23.4 Å². The zero-order valence-electron chi connectivity index (χ0n) is 18.3. The zero-order chi connectivity index (χ0) is 21.4. The molecule has 0 unspecified atom stereocenters. The highest BCUT2D eigenvalue weighted by Gasteiger charge is 2.32. The van der Waals surface area contributed by atoms with Crippen LogP contribution in [0.4, 0.5) is 0 Å². The van der Waals surface area contributed by atoms with Gasteiger partial charge in [-0.25, -0.2) is 4.79 Å². The second kappa shape index (κ2) is 8.28. The van der Waals surface area contributed by atoms with E-state index >= 15 is 0 Å². The quantitative estimate of drug-likeness (QED) is 0.776. The van der Waals surface area contributed by atoms with E-state index in [0.29, 0.717) is 32.1 Å². The van der Waals surface area contributed by atoms with Gasteiger partial charge in [-0.15, -0.1) is 0 Å². The van der Waals surface area contributed by atoms with E-state index in [1.807, 2.05) is 40.5 Å². The fraction of sp³-hybridized carbons (Fsp3) is 0.609. The third-order valence-corrected chi connectivity index (χ3v) is 6.97. The van der Waals surface area contributed by atoms with Gasteiger partial charge in [0.25, 0.3) is 0 Å². The van der Waals surface area contributed by atoms with E-state index in [2.05, 4.69) is 6.07 Å². The Kier molecular flexibility index (Phi) is 5.71. The molecule has 0 spiro atoms. The van der Waals surface area contributed by atoms with Gasteiger partial charge >= 0.3 is 5.69 Å². The third kappa shape index (κ3) is 3.89. The maximum atomic E-state index is 12.9. The Labute approximate surface area is 177 Å². The van der Waals surface area contributed by atoms with E-state index in [4.69, 9.17) is 0 Å². The first-order valence-corrected chi connectivity index (χ1v) is 11.1. The molecule has 1 saturated carbocycles. The molecule has 1 aliphatic heterocycles. The summed E-state index contributed by atoms with van der Waals surface area (Å²) >= 11 is 0. The van der Waals surface area contributed by atoms with Gasteiger partial charge in [0.2, 0.25) is 11.8 Å². The molecular formula is C23H32N4O3. The molecule has 2 aliphatic rings. The van der Waals surface area contributed by atoms with E-state index in [0.717, 1.165) is 48.8 Å². The van der Waals surface area contributed by atoms with Crippen LogP contribution in [0, 0.1) is 18.8 Å². The molecular weight excluding hydrogens is 380 g/mol. The molecule has 2 fully saturated rings. The van der Waals surface area contributed by atoms with Crippen molar-refractivity contribution >= 4 is 22.8 Å². The van der Waals surface area contributed by atoms with Gasteiger partial charge in [-0.3, -0.25) is 18.7 Å². The highest BCUT2D eigenvalue weighted by Crippen LogP contribution is 2.32. The Morgan fingerprint density at radius 3 is 2.23 bits per heavy atom. The Hall–Kier alpha value is -2.57. The number of carbonyl (C=O) groups is 2. The second-order valence-electron chi connectivity index (χ2n) is 8.99. The predicted octanol–water partition coefficient (Wildman–Crippen LogP) is 2.15. The molecule has 0 N–H and O–H groups in total. The number of benzene rings is 1. The SMILES string of the molecule is CC(=O)N1CCN(C(=O)C2CCC(Cn3c(=O)n(C)c4ccc(C)cc43)CC2)CC1. The Morgan fingerprint density at radius 2 is 1.60 bits per heavy atom. The fourth-order valence-corrected chi connectivity index (χ4v) is 5.05. The van der Waals surface area contributed by atoms with Crippen LogP contribution in [0.2, 0.25) is 0 Å². The lowest BCUT2D eigenvalue weighted by Crippen LogP contribution is -2.51. The molecule has 1 aromatic heterocycles. The summed E-state index contributed by atoms with van der Waals surface area (Å²) in [6.07, 6.45) is 3.71. The normalized spacial score (nSPS) is 22.5. The Balaban J connectivity index is 1.37. The summed E-state index contributed by atoms with van der Waals surface area (Å²) in [6, 6.07) is 6.15. The van der Waals surface area contributed by atoms with Crippen molar-refractivity contribution in [2.75, 3.05) is 26.2 Å². The molecule has 2 aromatic rings. The number of aryl methyl sites for hydroxylation is 2. The molecule has 0 atom stereocenters. The first-order valence-electron chi connectivity index (χ1n) is 11.1. The van der Waals surface area contributed by atoms with Gasteiger partial charge in [-0.05, 0) is 56.2 Å². The lowest BCUT2D eigenvalue weighted by Gasteiger charge is -2.37. The van der Waals surface area contributed by atoms with Gasteiger partial charge < -0.3 is 9.80 Å². The predicted molar refractivity (Wildman–Crippen MR) is 116 cm³/mol. The van der Waals surface area contributed by atoms with Gasteiger partial charge in [0.15, 0.2) is 0 Å². The molecule has 162 valence electrons. The number of hydrogen-bond donors (Lipinski definition) is 0. The lowest BCUT2D eigenvalue weighted by atomic mass is 9.81. The molecule has 2 heterocycles. The topological polar surface area (TPSA) is 67.6 Å². The molecule has 2 amide bonds. The second-order valence-corrected chi connectivity index (χ2v) is 8.99. The molecule has 1 saturated heterocycles. The number of fused-ring (bicyclic) bond motifs is 1. The van der Waals surface area contributed by atoms with Crippen molar-refractivity contribution < 1.29 is 9.59 Å². The molecule has 7 nitrogen and oxygen atoms in total. The van der Waals surface area contributed by atoms with Crippen molar-refractivity contribution in [1.82, 2.24) is 18.9 Å². The van der Waals surface area contributed by atoms with Crippen LogP contribution in [-0.4, -0.2) is 56.9 Å². The summed E-state index contributed by atoms with van der Waals surface area (Å²) in [7, 11) is 1.83. The molecule has 1 aromatic carbocycles. The minimum atomic E-state index is 0.0390. The van der Waals surface area contributed by atoms with Crippen molar-refractivity contribution in [1.29, 1.82) is 0 Å². The number of piperazine rings is 1. The first-order chi connectivity index (χ1) is 14.3. The monoisotopic (exact) mass is 412 g/mol. The molecule has 7 heteroatoms. The van der Waals surface area contributed by atoms with Crippen molar-refractivity contribution in [2.45, 2.75) is 46.1 Å². The van der Waals surface area contributed by atoms with Crippen LogP contribution in [0.1, 0.15) is 38.2 Å². The van der Waals surface area contributed by atoms with E-state index < -0.39 is 0 Å². The van der Waals surface area contributed by atoms with E-state index in [9.17, 15) is 14.4 Å². The zero-order valence-corrected chi connectivity index (χ0v) is 18.3. The number of amides is 2. The van der Waals surface area contributed by atoms with Crippen LogP contribution < -0.4 is 5.69 Å². The van der Waals surface area contributed by atoms with Crippen molar-refractivity contribution in [2.24, 2.45) is 18.9 Å². The first kappa shape index (κ1) is 20.7. The summed E-state index contributed by atoms with van der Waals surface area (Å²) in [5.41, 5.74) is 3.17. The molecule has 4 rings (SSSR count). The highest BCUT2D eigenvalue weighted by molar-refractivity contribution is 5.80. The standard InChI is InChI=1S/C23H32N4O3/c1-16-4-9-20-21(14-16)27(23(30)24(20)3)15-18-5-7-19(8-6-18)22(29)26-12-10-25(11-13-26)17(2)28/h4,9,14,18-19H,5-8,10-13,15H2,1-3H3. The van der Waals surface area contributed by atoms with E-state index in [1.165, 1.54) is 0 Å². The smallest absolute Gasteiger partial charge is 0.328 e. The number of rotatable bonds is 3. The van der Waals surface area contributed by atoms with Crippen molar-refractivity contribution in [3.05, 3.63) is 34.2 Å². The number of nitrogens with zero attached hydrogens (tertiary/aromatic N) is 4. The van der Waals surface area contributed by atoms with Crippen LogP contribution in [-0.2, 0) is 23.2 Å². The number of hydrogen-bond acceptors (Lipinski definition) is 3. The fourth-order valence-electron chi connectivity index (χ4n) is 5.05. The average Bonchev–Trinajstić information content (AvgIpc) is 2.98. The highest BCUT2D eigenvalue weighted by atomic mass is 16.2. The maximum absolute atomic E-state index is 12.9. The van der Waals surface area contributed by atoms with Gasteiger partial charge in [0.1, 0.15) is 0 Å². The van der Waals surface area contributed by atoms with Crippen molar-refractivity contribution in [3.8, 4) is 0 Å². The third-order valence-electron chi connectivity index (χ3n) is 6.97. The Morgan fingerprint density at radius 1 is 0.967 bits per heavy atom. The molecule has 30 heavy (non-hydrogen) atoms. The summed E-state index contributed by atoms with van der Waals surface area (Å²) < 4.78 is 3.64.